The molecule has 0 heterocycles. The van der Waals surface area contributed by atoms with Crippen molar-refractivity contribution in [3.8, 4) is 5.75 Å². The fourth-order valence-electron chi connectivity index (χ4n) is 1.95. The summed E-state index contributed by atoms with van der Waals surface area (Å²) in [5.74, 6) is 0.474. The van der Waals surface area contributed by atoms with Gasteiger partial charge in [-0.1, -0.05) is 32.0 Å². The maximum Gasteiger partial charge on any atom is 0.121 e. The highest BCUT2D eigenvalue weighted by Gasteiger charge is 2.04. The van der Waals surface area contributed by atoms with Crippen LogP contribution < -0.4 is 0 Å². The molecule has 0 aliphatic carbocycles. The lowest BCUT2D eigenvalue weighted by Crippen LogP contribution is -2.24. The quantitative estimate of drug-likeness (QED) is 0.798. The lowest BCUT2D eigenvalue weighted by Gasteiger charge is -2.17. The van der Waals surface area contributed by atoms with Gasteiger partial charge in [0.15, 0.2) is 0 Å². The Bertz CT molecular complexity index is 319. The van der Waals surface area contributed by atoms with Crippen LogP contribution in [0.1, 0.15) is 31.4 Å². The molecule has 1 rings (SSSR count). The first kappa shape index (κ1) is 13.0. The highest BCUT2D eigenvalue weighted by atomic mass is 16.3. The van der Waals surface area contributed by atoms with Crippen LogP contribution in [0.2, 0.25) is 0 Å². The molecule has 16 heavy (non-hydrogen) atoms. The Labute approximate surface area is 98.9 Å². The van der Waals surface area contributed by atoms with Crippen molar-refractivity contribution in [3.63, 3.8) is 0 Å². The molecule has 0 unspecified atom stereocenters. The van der Waals surface area contributed by atoms with Crippen molar-refractivity contribution in [2.75, 3.05) is 19.6 Å². The lowest BCUT2D eigenvalue weighted by molar-refractivity contribution is 0.299. The van der Waals surface area contributed by atoms with E-state index in [1.165, 1.54) is 0 Å². The first-order chi connectivity index (χ1) is 7.69. The number of aryl methyl sites for hydroxylation is 2. The Hall–Kier alpha value is -1.02. The standard InChI is InChI=1S/C14H23NO/c1-4-15(5-2)11-7-10-13-9-6-8-12(3)14(13)16/h6,8-9,16H,4-5,7,10-11H2,1-3H3. The third kappa shape index (κ3) is 3.53. The second-order valence-corrected chi connectivity index (χ2v) is 4.21. The summed E-state index contributed by atoms with van der Waals surface area (Å²) < 4.78 is 0. The van der Waals surface area contributed by atoms with Gasteiger partial charge in [-0.05, 0) is 50.5 Å². The summed E-state index contributed by atoms with van der Waals surface area (Å²) in [6.07, 6.45) is 2.07. The molecule has 0 spiro atoms. The van der Waals surface area contributed by atoms with E-state index in [0.717, 1.165) is 43.6 Å². The summed E-state index contributed by atoms with van der Waals surface area (Å²) >= 11 is 0. The van der Waals surface area contributed by atoms with E-state index < -0.39 is 0 Å². The SMILES string of the molecule is CCN(CC)CCCc1cccc(C)c1O. The van der Waals surface area contributed by atoms with Crippen LogP contribution in [0.3, 0.4) is 0 Å². The Kier molecular flexibility index (Phi) is 5.33. The molecule has 0 aromatic heterocycles. The van der Waals surface area contributed by atoms with Gasteiger partial charge in [0.25, 0.3) is 0 Å². The molecule has 0 saturated heterocycles. The Morgan fingerprint density at radius 1 is 1.19 bits per heavy atom. The Balaban J connectivity index is 2.46. The van der Waals surface area contributed by atoms with Crippen molar-refractivity contribution < 1.29 is 5.11 Å². The van der Waals surface area contributed by atoms with E-state index in [-0.39, 0.29) is 0 Å². The highest BCUT2D eigenvalue weighted by Crippen LogP contribution is 2.22. The average molecular weight is 221 g/mol. The molecule has 1 aromatic rings. The molecule has 90 valence electrons. The van der Waals surface area contributed by atoms with Crippen molar-refractivity contribution in [1.82, 2.24) is 4.90 Å². The fourth-order valence-corrected chi connectivity index (χ4v) is 1.95. The molecule has 1 aromatic carbocycles. The van der Waals surface area contributed by atoms with Gasteiger partial charge >= 0.3 is 0 Å². The van der Waals surface area contributed by atoms with Crippen molar-refractivity contribution in [1.29, 1.82) is 0 Å². The largest absolute Gasteiger partial charge is 0.507 e. The predicted octanol–water partition coefficient (Wildman–Crippen LogP) is 2.98. The molecule has 0 bridgehead atoms. The van der Waals surface area contributed by atoms with Crippen molar-refractivity contribution in [2.45, 2.75) is 33.6 Å². The number of hydrogen-bond acceptors (Lipinski definition) is 2. The van der Waals surface area contributed by atoms with E-state index in [4.69, 9.17) is 0 Å². The number of rotatable bonds is 6. The zero-order valence-corrected chi connectivity index (χ0v) is 10.7. The third-order valence-corrected chi connectivity index (χ3v) is 3.14. The minimum absolute atomic E-state index is 0.474. The van der Waals surface area contributed by atoms with Crippen molar-refractivity contribution in [3.05, 3.63) is 29.3 Å². The molecule has 0 aliphatic rings. The van der Waals surface area contributed by atoms with Gasteiger partial charge in [0.1, 0.15) is 5.75 Å². The van der Waals surface area contributed by atoms with Gasteiger partial charge < -0.3 is 10.0 Å². The summed E-state index contributed by atoms with van der Waals surface area (Å²) in [6.45, 7) is 9.65. The van der Waals surface area contributed by atoms with Gasteiger partial charge in [0.2, 0.25) is 0 Å². The Morgan fingerprint density at radius 2 is 1.88 bits per heavy atom. The van der Waals surface area contributed by atoms with Crippen LogP contribution in [0.5, 0.6) is 5.75 Å². The molecule has 2 heteroatoms. The van der Waals surface area contributed by atoms with Gasteiger partial charge in [0, 0.05) is 0 Å². The van der Waals surface area contributed by atoms with E-state index in [0.29, 0.717) is 5.75 Å². The van der Waals surface area contributed by atoms with Crippen LogP contribution in [0, 0.1) is 6.92 Å². The van der Waals surface area contributed by atoms with Gasteiger partial charge in [-0.25, -0.2) is 0 Å². The van der Waals surface area contributed by atoms with Crippen molar-refractivity contribution >= 4 is 0 Å². The molecule has 1 N–H and O–H groups in total. The predicted molar refractivity (Wildman–Crippen MR) is 69.0 cm³/mol. The summed E-state index contributed by atoms with van der Waals surface area (Å²) in [7, 11) is 0. The molecular weight excluding hydrogens is 198 g/mol. The van der Waals surface area contributed by atoms with Gasteiger partial charge in [-0.15, -0.1) is 0 Å². The van der Waals surface area contributed by atoms with Crippen LogP contribution in [0.25, 0.3) is 0 Å². The smallest absolute Gasteiger partial charge is 0.121 e. The van der Waals surface area contributed by atoms with E-state index in [9.17, 15) is 5.11 Å². The Morgan fingerprint density at radius 3 is 2.50 bits per heavy atom. The number of aromatic hydroxyl groups is 1. The van der Waals surface area contributed by atoms with Crippen LogP contribution >= 0.6 is 0 Å². The topological polar surface area (TPSA) is 23.5 Å². The van der Waals surface area contributed by atoms with E-state index in [2.05, 4.69) is 18.7 Å². The molecule has 0 radical (unpaired) electrons. The molecule has 2 nitrogen and oxygen atoms in total. The number of para-hydroxylation sites is 1. The van der Waals surface area contributed by atoms with Crippen LogP contribution in [-0.2, 0) is 6.42 Å². The lowest BCUT2D eigenvalue weighted by atomic mass is 10.1. The molecule has 0 aliphatic heterocycles. The van der Waals surface area contributed by atoms with Crippen molar-refractivity contribution in [2.24, 2.45) is 0 Å². The number of benzene rings is 1. The normalized spacial score (nSPS) is 11.0. The van der Waals surface area contributed by atoms with Gasteiger partial charge in [-0.3, -0.25) is 0 Å². The van der Waals surface area contributed by atoms with E-state index in [1.807, 2.05) is 25.1 Å². The zero-order valence-electron chi connectivity index (χ0n) is 10.7. The van der Waals surface area contributed by atoms with E-state index in [1.54, 1.807) is 0 Å². The maximum absolute atomic E-state index is 9.86. The monoisotopic (exact) mass is 221 g/mol. The van der Waals surface area contributed by atoms with Gasteiger partial charge in [0.05, 0.1) is 0 Å². The highest BCUT2D eigenvalue weighted by molar-refractivity contribution is 5.39. The maximum atomic E-state index is 9.86. The zero-order chi connectivity index (χ0) is 12.0. The molecule has 0 amide bonds. The molecule has 0 atom stereocenters. The minimum Gasteiger partial charge on any atom is -0.507 e. The molecule has 0 fully saturated rings. The van der Waals surface area contributed by atoms with Gasteiger partial charge in [-0.2, -0.15) is 0 Å². The number of hydrogen-bond donors (Lipinski definition) is 1. The van der Waals surface area contributed by atoms with Crippen LogP contribution in [-0.4, -0.2) is 29.6 Å². The van der Waals surface area contributed by atoms with Crippen LogP contribution in [0.4, 0.5) is 0 Å². The summed E-state index contributed by atoms with van der Waals surface area (Å²) in [4.78, 5) is 2.41. The number of phenols is 1. The minimum atomic E-state index is 0.474. The first-order valence-corrected chi connectivity index (χ1v) is 6.18. The second-order valence-electron chi connectivity index (χ2n) is 4.21. The van der Waals surface area contributed by atoms with Crippen LogP contribution in [0.15, 0.2) is 18.2 Å². The number of nitrogens with zero attached hydrogens (tertiary/aromatic N) is 1. The third-order valence-electron chi connectivity index (χ3n) is 3.14. The van der Waals surface area contributed by atoms with E-state index >= 15 is 0 Å². The molecule has 0 saturated carbocycles. The average Bonchev–Trinajstić information content (AvgIpc) is 2.30. The first-order valence-electron chi connectivity index (χ1n) is 6.18. The fraction of sp³-hybridized carbons (Fsp3) is 0.571. The number of phenolic OH excluding ortho intramolecular Hbond substituents is 1. The summed E-state index contributed by atoms with van der Waals surface area (Å²) in [5, 5.41) is 9.86. The summed E-state index contributed by atoms with van der Waals surface area (Å²) in [6, 6.07) is 5.98. The summed E-state index contributed by atoms with van der Waals surface area (Å²) in [5.41, 5.74) is 2.05. The molecular formula is C14H23NO. The second kappa shape index (κ2) is 6.54.